The number of hydrogen-bond donors (Lipinski definition) is 1. The fraction of sp³-hybridized carbons (Fsp3) is 0.556. The van der Waals surface area contributed by atoms with Gasteiger partial charge in [0.2, 0.25) is 15.9 Å². The third-order valence-electron chi connectivity index (χ3n) is 4.45. The van der Waals surface area contributed by atoms with Crippen molar-refractivity contribution < 1.29 is 18.0 Å². The minimum Gasteiger partial charge on any atom is -0.352 e. The van der Waals surface area contributed by atoms with Crippen molar-refractivity contribution in [3.05, 3.63) is 29.8 Å². The highest BCUT2D eigenvalue weighted by Gasteiger charge is 2.23. The highest BCUT2D eigenvalue weighted by molar-refractivity contribution is 7.92. The topological polar surface area (TPSA) is 83.6 Å². The van der Waals surface area contributed by atoms with Gasteiger partial charge in [0.1, 0.15) is 6.54 Å². The number of anilines is 1. The molecule has 6 nitrogen and oxygen atoms in total. The molecular formula is C18H26N2O4S. The molecule has 0 spiro atoms. The van der Waals surface area contributed by atoms with Gasteiger partial charge in [-0.1, -0.05) is 37.8 Å². The number of nitrogens with one attached hydrogen (secondary N) is 1. The molecule has 1 aromatic rings. The SMILES string of the molecule is CC(=O)c1cccc(N(CC(=O)NC2CCCCCC2)S(C)(=O)=O)c1. The van der Waals surface area contributed by atoms with Crippen LogP contribution in [0.2, 0.25) is 0 Å². The Morgan fingerprint density at radius 1 is 1.16 bits per heavy atom. The Bertz CT molecular complexity index is 722. The summed E-state index contributed by atoms with van der Waals surface area (Å²) in [7, 11) is -3.64. The van der Waals surface area contributed by atoms with Crippen molar-refractivity contribution in [1.29, 1.82) is 0 Å². The van der Waals surface area contributed by atoms with Gasteiger partial charge in [-0.2, -0.15) is 0 Å². The number of hydrogen-bond acceptors (Lipinski definition) is 4. The normalized spacial score (nSPS) is 16.1. The van der Waals surface area contributed by atoms with E-state index in [0.29, 0.717) is 11.3 Å². The summed E-state index contributed by atoms with van der Waals surface area (Å²) in [6.45, 7) is 1.14. The highest BCUT2D eigenvalue weighted by atomic mass is 32.2. The molecule has 1 aromatic carbocycles. The van der Waals surface area contributed by atoms with Gasteiger partial charge in [-0.15, -0.1) is 0 Å². The molecule has 1 amide bonds. The number of ketones is 1. The van der Waals surface area contributed by atoms with Crippen molar-refractivity contribution in [2.75, 3.05) is 17.1 Å². The monoisotopic (exact) mass is 366 g/mol. The molecular weight excluding hydrogens is 340 g/mol. The second kappa shape index (κ2) is 8.47. The van der Waals surface area contributed by atoms with E-state index < -0.39 is 10.0 Å². The Morgan fingerprint density at radius 2 is 1.80 bits per heavy atom. The van der Waals surface area contributed by atoms with Crippen molar-refractivity contribution in [3.8, 4) is 0 Å². The van der Waals surface area contributed by atoms with Gasteiger partial charge < -0.3 is 5.32 Å². The maximum absolute atomic E-state index is 12.4. The van der Waals surface area contributed by atoms with Crippen LogP contribution in [0, 0.1) is 0 Å². The average Bonchev–Trinajstić information content (AvgIpc) is 2.80. The number of nitrogens with zero attached hydrogens (tertiary/aromatic N) is 1. The van der Waals surface area contributed by atoms with Crippen molar-refractivity contribution in [3.63, 3.8) is 0 Å². The van der Waals surface area contributed by atoms with Crippen molar-refractivity contribution in [2.45, 2.75) is 51.5 Å². The lowest BCUT2D eigenvalue weighted by Gasteiger charge is -2.24. The molecule has 1 aliphatic carbocycles. The molecule has 138 valence electrons. The predicted molar refractivity (Wildman–Crippen MR) is 98.3 cm³/mol. The molecule has 0 saturated heterocycles. The van der Waals surface area contributed by atoms with Crippen molar-refractivity contribution >= 4 is 27.4 Å². The van der Waals surface area contributed by atoms with Crippen molar-refractivity contribution in [2.24, 2.45) is 0 Å². The molecule has 1 fully saturated rings. The quantitative estimate of drug-likeness (QED) is 0.619. The molecule has 0 aromatic heterocycles. The van der Waals surface area contributed by atoms with Crippen LogP contribution >= 0.6 is 0 Å². The van der Waals surface area contributed by atoms with E-state index in [9.17, 15) is 18.0 Å². The van der Waals surface area contributed by atoms with Gasteiger partial charge in [-0.05, 0) is 31.9 Å². The summed E-state index contributed by atoms with van der Waals surface area (Å²) in [6, 6.07) is 6.44. The van der Waals surface area contributed by atoms with Crippen LogP contribution in [-0.4, -0.2) is 39.0 Å². The molecule has 7 heteroatoms. The van der Waals surface area contributed by atoms with E-state index in [0.717, 1.165) is 36.2 Å². The van der Waals surface area contributed by atoms with Gasteiger partial charge in [0.15, 0.2) is 5.78 Å². The van der Waals surface area contributed by atoms with Crippen LogP contribution < -0.4 is 9.62 Å². The number of rotatable bonds is 6. The Balaban J connectivity index is 2.14. The third-order valence-corrected chi connectivity index (χ3v) is 5.59. The van der Waals surface area contributed by atoms with Crippen LogP contribution in [-0.2, 0) is 14.8 Å². The lowest BCUT2D eigenvalue weighted by Crippen LogP contribution is -2.44. The van der Waals surface area contributed by atoms with E-state index >= 15 is 0 Å². The largest absolute Gasteiger partial charge is 0.352 e. The maximum Gasteiger partial charge on any atom is 0.240 e. The average molecular weight is 366 g/mol. The zero-order chi connectivity index (χ0) is 18.4. The summed E-state index contributed by atoms with van der Waals surface area (Å²) in [6.07, 6.45) is 7.46. The second-order valence-electron chi connectivity index (χ2n) is 6.63. The minimum absolute atomic E-state index is 0.111. The van der Waals surface area contributed by atoms with E-state index in [1.165, 1.54) is 25.8 Å². The first kappa shape index (κ1) is 19.4. The van der Waals surface area contributed by atoms with Crippen molar-refractivity contribution in [1.82, 2.24) is 5.32 Å². The van der Waals surface area contributed by atoms with Crippen LogP contribution in [0.3, 0.4) is 0 Å². The molecule has 1 N–H and O–H groups in total. The van der Waals surface area contributed by atoms with Gasteiger partial charge in [0.05, 0.1) is 11.9 Å². The fourth-order valence-corrected chi connectivity index (χ4v) is 3.96. The van der Waals surface area contributed by atoms with E-state index in [-0.39, 0.29) is 24.3 Å². The Labute approximate surface area is 149 Å². The standard InChI is InChI=1S/C18H26N2O4S/c1-14(21)15-8-7-11-17(12-15)20(25(2,23)24)13-18(22)19-16-9-5-3-4-6-10-16/h7-8,11-12,16H,3-6,9-10,13H2,1-2H3,(H,19,22). The van der Waals surface area contributed by atoms with Gasteiger partial charge in [0.25, 0.3) is 0 Å². The Kier molecular flexibility index (Phi) is 6.58. The zero-order valence-electron chi connectivity index (χ0n) is 14.8. The van der Waals surface area contributed by atoms with E-state index in [1.807, 2.05) is 0 Å². The first-order chi connectivity index (χ1) is 11.8. The first-order valence-electron chi connectivity index (χ1n) is 8.65. The highest BCUT2D eigenvalue weighted by Crippen LogP contribution is 2.20. The number of carbonyl (C=O) groups is 2. The van der Waals surface area contributed by atoms with Crippen LogP contribution in [0.5, 0.6) is 0 Å². The summed E-state index contributed by atoms with van der Waals surface area (Å²) >= 11 is 0. The predicted octanol–water partition coefficient (Wildman–Crippen LogP) is 2.49. The second-order valence-corrected chi connectivity index (χ2v) is 8.54. The van der Waals surface area contributed by atoms with Gasteiger partial charge in [-0.3, -0.25) is 13.9 Å². The molecule has 0 atom stereocenters. The molecule has 0 unspecified atom stereocenters. The molecule has 0 aliphatic heterocycles. The summed E-state index contributed by atoms with van der Waals surface area (Å²) in [5, 5.41) is 2.96. The van der Waals surface area contributed by atoms with Crippen LogP contribution in [0.1, 0.15) is 55.8 Å². The summed E-state index contributed by atoms with van der Waals surface area (Å²) < 4.78 is 25.4. The Hall–Kier alpha value is -1.89. The molecule has 0 heterocycles. The maximum atomic E-state index is 12.4. The zero-order valence-corrected chi connectivity index (χ0v) is 15.6. The number of carbonyl (C=O) groups excluding carboxylic acids is 2. The van der Waals surface area contributed by atoms with E-state index in [4.69, 9.17) is 0 Å². The molecule has 0 radical (unpaired) electrons. The summed E-state index contributed by atoms with van der Waals surface area (Å²) in [4.78, 5) is 23.9. The molecule has 0 bridgehead atoms. The summed E-state index contributed by atoms with van der Waals surface area (Å²) in [5.41, 5.74) is 0.738. The van der Waals surface area contributed by atoms with E-state index in [2.05, 4.69) is 5.32 Å². The fourth-order valence-electron chi connectivity index (χ4n) is 3.11. The van der Waals surface area contributed by atoms with Crippen LogP contribution in [0.25, 0.3) is 0 Å². The first-order valence-corrected chi connectivity index (χ1v) is 10.5. The number of benzene rings is 1. The Morgan fingerprint density at radius 3 is 2.36 bits per heavy atom. The lowest BCUT2D eigenvalue weighted by molar-refractivity contribution is -0.120. The molecule has 1 saturated carbocycles. The smallest absolute Gasteiger partial charge is 0.240 e. The van der Waals surface area contributed by atoms with Gasteiger partial charge in [0, 0.05) is 11.6 Å². The number of Topliss-reactive ketones (excluding diaryl/α,β-unsaturated/α-hetero) is 1. The van der Waals surface area contributed by atoms with E-state index in [1.54, 1.807) is 18.2 Å². The van der Waals surface area contributed by atoms with Crippen LogP contribution in [0.4, 0.5) is 5.69 Å². The molecule has 25 heavy (non-hydrogen) atoms. The number of sulfonamides is 1. The lowest BCUT2D eigenvalue weighted by atomic mass is 10.1. The van der Waals surface area contributed by atoms with Gasteiger partial charge in [-0.25, -0.2) is 8.42 Å². The summed E-state index contributed by atoms with van der Waals surface area (Å²) in [5.74, 6) is -0.469. The molecule has 2 rings (SSSR count). The molecule has 1 aliphatic rings. The number of amides is 1. The van der Waals surface area contributed by atoms with Gasteiger partial charge >= 0.3 is 0 Å². The third kappa shape index (κ3) is 5.85. The van der Waals surface area contributed by atoms with Crippen LogP contribution in [0.15, 0.2) is 24.3 Å². The minimum atomic E-state index is -3.64.